The van der Waals surface area contributed by atoms with Crippen molar-refractivity contribution in [3.05, 3.63) is 42.0 Å². The number of likely N-dealkylation sites (N-methyl/N-ethyl adjacent to an activating group) is 1. The van der Waals surface area contributed by atoms with Crippen LogP contribution >= 0.6 is 0 Å². The van der Waals surface area contributed by atoms with E-state index in [0.717, 1.165) is 6.54 Å². The maximum absolute atomic E-state index is 2.23. The van der Waals surface area contributed by atoms with E-state index in [9.17, 15) is 0 Å². The highest BCUT2D eigenvalue weighted by atomic mass is 15.1. The lowest BCUT2D eigenvalue weighted by molar-refractivity contribution is 1.02. The molecule has 1 aromatic rings. The molecule has 70 valence electrons. The van der Waals surface area contributed by atoms with Crippen molar-refractivity contribution in [2.45, 2.75) is 13.8 Å². The number of hydrogen-bond acceptors (Lipinski definition) is 1. The summed E-state index contributed by atoms with van der Waals surface area (Å²) in [4.78, 5) is 2.23. The molecule has 1 aromatic carbocycles. The van der Waals surface area contributed by atoms with Crippen LogP contribution in [0.5, 0.6) is 0 Å². The second-order valence-corrected chi connectivity index (χ2v) is 3.50. The first-order valence-electron chi connectivity index (χ1n) is 4.59. The first-order valence-corrected chi connectivity index (χ1v) is 4.59. The van der Waals surface area contributed by atoms with Crippen molar-refractivity contribution >= 4 is 5.69 Å². The number of allylic oxidation sites excluding steroid dienone is 1. The number of anilines is 1. The molecule has 0 radical (unpaired) electrons. The fraction of sp³-hybridized carbons (Fsp3) is 0.333. The molecular formula is C12H17N. The summed E-state index contributed by atoms with van der Waals surface area (Å²) in [6.07, 6.45) is 2.23. The lowest BCUT2D eigenvalue weighted by Crippen LogP contribution is -2.16. The molecule has 1 rings (SSSR count). The van der Waals surface area contributed by atoms with E-state index < -0.39 is 0 Å². The van der Waals surface area contributed by atoms with Gasteiger partial charge in [-0.15, -0.1) is 0 Å². The molecule has 0 amide bonds. The maximum atomic E-state index is 2.23. The van der Waals surface area contributed by atoms with Crippen LogP contribution in [0.25, 0.3) is 0 Å². The molecule has 0 unspecified atom stereocenters. The molecule has 0 aromatic heterocycles. The highest BCUT2D eigenvalue weighted by Gasteiger charge is 1.95. The van der Waals surface area contributed by atoms with Gasteiger partial charge in [-0.25, -0.2) is 0 Å². The molecule has 0 saturated carbocycles. The molecular weight excluding hydrogens is 158 g/mol. The van der Waals surface area contributed by atoms with Crippen molar-refractivity contribution in [1.29, 1.82) is 0 Å². The predicted molar refractivity (Wildman–Crippen MR) is 59.1 cm³/mol. The van der Waals surface area contributed by atoms with Crippen molar-refractivity contribution in [2.75, 3.05) is 18.5 Å². The van der Waals surface area contributed by atoms with Crippen LogP contribution < -0.4 is 4.90 Å². The Hall–Kier alpha value is -1.24. The van der Waals surface area contributed by atoms with Gasteiger partial charge in [-0.2, -0.15) is 0 Å². The Morgan fingerprint density at radius 1 is 1.23 bits per heavy atom. The fourth-order valence-electron chi connectivity index (χ4n) is 1.11. The number of nitrogens with zero attached hydrogens (tertiary/aromatic N) is 1. The predicted octanol–water partition coefficient (Wildman–Crippen LogP) is 3.09. The largest absolute Gasteiger partial charge is 0.371 e. The van der Waals surface area contributed by atoms with Crippen molar-refractivity contribution in [3.63, 3.8) is 0 Å². The van der Waals surface area contributed by atoms with Gasteiger partial charge in [-0.05, 0) is 26.0 Å². The summed E-state index contributed by atoms with van der Waals surface area (Å²) < 4.78 is 0. The van der Waals surface area contributed by atoms with Gasteiger partial charge < -0.3 is 4.90 Å². The minimum absolute atomic E-state index is 0.979. The zero-order chi connectivity index (χ0) is 9.68. The van der Waals surface area contributed by atoms with Crippen molar-refractivity contribution < 1.29 is 0 Å². The molecule has 0 aliphatic rings. The summed E-state index contributed by atoms with van der Waals surface area (Å²) in [5.41, 5.74) is 2.63. The van der Waals surface area contributed by atoms with E-state index in [1.54, 1.807) is 0 Å². The zero-order valence-electron chi connectivity index (χ0n) is 8.62. The molecule has 0 N–H and O–H groups in total. The maximum Gasteiger partial charge on any atom is 0.0366 e. The summed E-state index contributed by atoms with van der Waals surface area (Å²) >= 11 is 0. The van der Waals surface area contributed by atoms with E-state index in [2.05, 4.69) is 56.1 Å². The van der Waals surface area contributed by atoms with Gasteiger partial charge >= 0.3 is 0 Å². The zero-order valence-corrected chi connectivity index (χ0v) is 8.62. The molecule has 0 aliphatic heterocycles. The standard InChI is InChI=1S/C12H17N/c1-11(2)9-10-13(3)12-7-5-4-6-8-12/h4-9H,10H2,1-3H3. The molecule has 1 heteroatoms. The topological polar surface area (TPSA) is 3.24 Å². The third-order valence-corrected chi connectivity index (χ3v) is 1.97. The number of benzene rings is 1. The normalized spacial score (nSPS) is 9.46. The van der Waals surface area contributed by atoms with Crippen molar-refractivity contribution in [3.8, 4) is 0 Å². The van der Waals surface area contributed by atoms with Crippen LogP contribution in [0.3, 0.4) is 0 Å². The van der Waals surface area contributed by atoms with Crippen LogP contribution in [-0.2, 0) is 0 Å². The first kappa shape index (κ1) is 9.85. The Balaban J connectivity index is 2.59. The third-order valence-electron chi connectivity index (χ3n) is 1.97. The van der Waals surface area contributed by atoms with Gasteiger partial charge in [-0.3, -0.25) is 0 Å². The smallest absolute Gasteiger partial charge is 0.0366 e. The van der Waals surface area contributed by atoms with Crippen molar-refractivity contribution in [2.24, 2.45) is 0 Å². The van der Waals surface area contributed by atoms with Crippen molar-refractivity contribution in [1.82, 2.24) is 0 Å². The third kappa shape index (κ3) is 3.32. The van der Waals surface area contributed by atoms with E-state index in [4.69, 9.17) is 0 Å². The van der Waals surface area contributed by atoms with Gasteiger partial charge in [0.25, 0.3) is 0 Å². The number of para-hydroxylation sites is 1. The quantitative estimate of drug-likeness (QED) is 0.638. The lowest BCUT2D eigenvalue weighted by Gasteiger charge is -2.17. The Morgan fingerprint density at radius 2 is 1.85 bits per heavy atom. The van der Waals surface area contributed by atoms with Gasteiger partial charge in [0, 0.05) is 19.3 Å². The Kier molecular flexibility index (Phi) is 3.56. The minimum Gasteiger partial charge on any atom is -0.371 e. The lowest BCUT2D eigenvalue weighted by atomic mass is 10.2. The van der Waals surface area contributed by atoms with Gasteiger partial charge in [0.2, 0.25) is 0 Å². The first-order chi connectivity index (χ1) is 6.20. The molecule has 0 heterocycles. The van der Waals surface area contributed by atoms with E-state index in [0.29, 0.717) is 0 Å². The summed E-state index contributed by atoms with van der Waals surface area (Å²) in [5.74, 6) is 0. The average Bonchev–Trinajstić information content (AvgIpc) is 2.15. The van der Waals surface area contributed by atoms with Crippen LogP contribution in [0, 0.1) is 0 Å². The summed E-state index contributed by atoms with van der Waals surface area (Å²) in [6.45, 7) is 5.23. The minimum atomic E-state index is 0.979. The second kappa shape index (κ2) is 4.70. The highest BCUT2D eigenvalue weighted by Crippen LogP contribution is 2.10. The van der Waals surface area contributed by atoms with Gasteiger partial charge in [0.05, 0.1) is 0 Å². The highest BCUT2D eigenvalue weighted by molar-refractivity contribution is 5.45. The fourth-order valence-corrected chi connectivity index (χ4v) is 1.11. The van der Waals surface area contributed by atoms with E-state index in [-0.39, 0.29) is 0 Å². The SMILES string of the molecule is CC(C)=CCN(C)c1ccccc1. The molecule has 0 spiro atoms. The Labute approximate surface area is 80.7 Å². The van der Waals surface area contributed by atoms with Crippen LogP contribution in [0.15, 0.2) is 42.0 Å². The van der Waals surface area contributed by atoms with Crippen LogP contribution in [0.4, 0.5) is 5.69 Å². The molecule has 13 heavy (non-hydrogen) atoms. The number of hydrogen-bond donors (Lipinski definition) is 0. The molecule has 0 bridgehead atoms. The van der Waals surface area contributed by atoms with Gasteiger partial charge in [0.1, 0.15) is 0 Å². The average molecular weight is 175 g/mol. The second-order valence-electron chi connectivity index (χ2n) is 3.50. The Bertz CT molecular complexity index is 270. The molecule has 0 atom stereocenters. The van der Waals surface area contributed by atoms with Gasteiger partial charge in [-0.1, -0.05) is 29.8 Å². The van der Waals surface area contributed by atoms with Crippen LogP contribution in [-0.4, -0.2) is 13.6 Å². The van der Waals surface area contributed by atoms with E-state index in [1.165, 1.54) is 11.3 Å². The van der Waals surface area contributed by atoms with Crippen LogP contribution in [0.1, 0.15) is 13.8 Å². The Morgan fingerprint density at radius 3 is 2.38 bits per heavy atom. The molecule has 0 fully saturated rings. The summed E-state index contributed by atoms with van der Waals surface area (Å²) in [6, 6.07) is 10.4. The van der Waals surface area contributed by atoms with E-state index >= 15 is 0 Å². The van der Waals surface area contributed by atoms with E-state index in [1.807, 2.05) is 6.07 Å². The molecule has 0 aliphatic carbocycles. The number of rotatable bonds is 3. The summed E-state index contributed by atoms with van der Waals surface area (Å²) in [7, 11) is 2.11. The molecule has 0 saturated heterocycles. The summed E-state index contributed by atoms with van der Waals surface area (Å²) in [5, 5.41) is 0. The van der Waals surface area contributed by atoms with Gasteiger partial charge in [0.15, 0.2) is 0 Å². The molecule has 1 nitrogen and oxygen atoms in total. The van der Waals surface area contributed by atoms with Crippen LogP contribution in [0.2, 0.25) is 0 Å². The monoisotopic (exact) mass is 175 g/mol.